The first-order chi connectivity index (χ1) is 24.4. The predicted molar refractivity (Wildman–Crippen MR) is 166 cm³/mol. The van der Waals surface area contributed by atoms with Crippen molar-refractivity contribution >= 4 is 5.91 Å². The van der Waals surface area contributed by atoms with Crippen LogP contribution in [0.25, 0.3) is 10.4 Å². The van der Waals surface area contributed by atoms with E-state index in [2.05, 4.69) is 15.3 Å². The number of amides is 1. The summed E-state index contributed by atoms with van der Waals surface area (Å²) in [5.41, 5.74) is 9.06. The fourth-order valence-corrected chi connectivity index (χ4v) is 6.05. The van der Waals surface area contributed by atoms with Crippen LogP contribution >= 0.6 is 0 Å². The summed E-state index contributed by atoms with van der Waals surface area (Å²) in [4.78, 5) is 15.4. The molecule has 0 aliphatic carbocycles. The van der Waals surface area contributed by atoms with E-state index in [4.69, 9.17) is 34.0 Å². The fraction of sp³-hybridized carbons (Fsp3) is 0.767. The second-order valence-corrected chi connectivity index (χ2v) is 12.3. The van der Waals surface area contributed by atoms with Gasteiger partial charge in [-0.2, -0.15) is 0 Å². The SMILES string of the molecule is [N-]=[N+]=NCCO[C@@H]1OC(CO)[C@@H](O[C@@H]2OC(CO)[C@H](O)[C@H](O[C@@H]3C[C@@H](O)[C@@H](NC(=O)Cc4ccccc4)C([C@H](O)[C@H](O)CO)O3)C2O)[C@H](O)C1O. The van der Waals surface area contributed by atoms with Crippen LogP contribution in [0.2, 0.25) is 0 Å². The Bertz CT molecular complexity index is 1260. The largest absolute Gasteiger partial charge is 0.394 e. The van der Waals surface area contributed by atoms with Crippen LogP contribution in [0.15, 0.2) is 35.4 Å². The highest BCUT2D eigenvalue weighted by Crippen LogP contribution is 2.33. The molecule has 3 aliphatic heterocycles. The van der Waals surface area contributed by atoms with Gasteiger partial charge in [0.1, 0.15) is 67.1 Å². The van der Waals surface area contributed by atoms with Gasteiger partial charge in [-0.15, -0.1) is 0 Å². The number of benzene rings is 1. The number of azide groups is 1. The normalized spacial score (nSPS) is 38.3. The summed E-state index contributed by atoms with van der Waals surface area (Å²) in [6, 6.07) is 7.31. The molecule has 0 bridgehead atoms. The molecule has 1 aromatic rings. The Balaban J connectivity index is 1.48. The summed E-state index contributed by atoms with van der Waals surface area (Å²) in [5.74, 6) is -0.559. The van der Waals surface area contributed by atoms with Crippen LogP contribution in [0.5, 0.6) is 0 Å². The third-order valence-corrected chi connectivity index (χ3v) is 8.74. The van der Waals surface area contributed by atoms with Crippen molar-refractivity contribution in [2.45, 2.75) is 111 Å². The van der Waals surface area contributed by atoms with Gasteiger partial charge < -0.3 is 84.8 Å². The fourth-order valence-electron chi connectivity index (χ4n) is 6.05. The highest BCUT2D eigenvalue weighted by atomic mass is 16.8. The van der Waals surface area contributed by atoms with E-state index in [-0.39, 0.29) is 19.6 Å². The first kappa shape index (κ1) is 41.1. The number of ether oxygens (including phenoxy) is 6. The van der Waals surface area contributed by atoms with E-state index >= 15 is 0 Å². The first-order valence-electron chi connectivity index (χ1n) is 16.3. The maximum atomic E-state index is 12.9. The number of hydrogen-bond acceptors (Lipinski definition) is 18. The Hall–Kier alpha value is -2.64. The van der Waals surface area contributed by atoms with Gasteiger partial charge >= 0.3 is 0 Å². The van der Waals surface area contributed by atoms with Crippen molar-refractivity contribution in [2.24, 2.45) is 5.11 Å². The Morgan fingerprint density at radius 1 is 0.902 bits per heavy atom. The molecular weight excluding hydrogens is 688 g/mol. The van der Waals surface area contributed by atoms with Crippen molar-refractivity contribution in [3.63, 3.8) is 0 Å². The zero-order chi connectivity index (χ0) is 37.2. The van der Waals surface area contributed by atoms with E-state index in [1.165, 1.54) is 0 Å². The van der Waals surface area contributed by atoms with Crippen molar-refractivity contribution in [3.05, 3.63) is 46.3 Å². The summed E-state index contributed by atoms with van der Waals surface area (Å²) in [7, 11) is 0. The molecule has 51 heavy (non-hydrogen) atoms. The minimum atomic E-state index is -1.93. The zero-order valence-corrected chi connectivity index (χ0v) is 27.2. The van der Waals surface area contributed by atoms with Crippen molar-refractivity contribution in [1.29, 1.82) is 0 Å². The lowest BCUT2D eigenvalue weighted by atomic mass is 9.91. The molecule has 21 nitrogen and oxygen atoms in total. The molecule has 3 fully saturated rings. The molecule has 3 saturated heterocycles. The van der Waals surface area contributed by atoms with Crippen LogP contribution in [0, 0.1) is 0 Å². The number of rotatable bonds is 16. The van der Waals surface area contributed by atoms with Crippen LogP contribution < -0.4 is 5.32 Å². The maximum Gasteiger partial charge on any atom is 0.224 e. The number of hydrogen-bond donors (Lipinski definition) is 11. The van der Waals surface area contributed by atoms with Crippen molar-refractivity contribution < 1.29 is 84.3 Å². The first-order valence-corrected chi connectivity index (χ1v) is 16.3. The standard InChI is InChI=1S/C30H46N4O17/c31-34-32-6-7-46-29-24(44)23(43)26(17(12-37)48-29)51-30-25(45)28(22(42)16(11-36)47-30)50-19-9-14(38)20(27(49-19)21(41)15(39)10-35)33-18(40)8-13-4-2-1-3-5-13/h1-5,14-17,19-30,35-39,41-45H,6-12H2,(H,33,40)/t14-,15-,16?,17?,19-,20-,21-,22+,23-,24?,25?,26-,27?,28+,29-,30+/m1/s1. The molecule has 1 aromatic carbocycles. The minimum Gasteiger partial charge on any atom is -0.394 e. The van der Waals surface area contributed by atoms with Crippen LogP contribution in [0.3, 0.4) is 0 Å². The van der Waals surface area contributed by atoms with E-state index in [1.54, 1.807) is 30.3 Å². The molecule has 11 N–H and O–H groups in total. The number of aliphatic hydroxyl groups is 10. The van der Waals surface area contributed by atoms with Crippen molar-refractivity contribution in [1.82, 2.24) is 5.32 Å². The Kier molecular flexibility index (Phi) is 15.7. The lowest BCUT2D eigenvalue weighted by molar-refractivity contribution is -0.373. The zero-order valence-electron chi connectivity index (χ0n) is 27.2. The van der Waals surface area contributed by atoms with Crippen molar-refractivity contribution in [2.75, 3.05) is 33.0 Å². The van der Waals surface area contributed by atoms with E-state index < -0.39 is 130 Å². The number of carbonyl (C=O) groups is 1. The minimum absolute atomic E-state index is 0.0975. The van der Waals surface area contributed by atoms with Crippen LogP contribution in [0.1, 0.15) is 12.0 Å². The average molecular weight is 735 g/mol. The van der Waals surface area contributed by atoms with Gasteiger partial charge in [0.25, 0.3) is 0 Å². The van der Waals surface area contributed by atoms with Gasteiger partial charge in [0.05, 0.1) is 45.0 Å². The molecule has 5 unspecified atom stereocenters. The summed E-state index contributed by atoms with van der Waals surface area (Å²) in [6.07, 6.45) is -25.4. The van der Waals surface area contributed by atoms with Gasteiger partial charge in [-0.3, -0.25) is 4.79 Å². The van der Waals surface area contributed by atoms with E-state index in [0.717, 1.165) is 0 Å². The van der Waals surface area contributed by atoms with E-state index in [0.29, 0.717) is 5.56 Å². The van der Waals surface area contributed by atoms with Gasteiger partial charge in [-0.05, 0) is 11.1 Å². The molecule has 0 saturated carbocycles. The molecule has 0 spiro atoms. The van der Waals surface area contributed by atoms with Crippen LogP contribution in [-0.4, -0.2) is 188 Å². The Morgan fingerprint density at radius 3 is 2.24 bits per heavy atom. The number of nitrogens with zero attached hydrogens (tertiary/aromatic N) is 3. The number of carbonyl (C=O) groups excluding carboxylic acids is 1. The van der Waals surface area contributed by atoms with Gasteiger partial charge in [-0.25, -0.2) is 0 Å². The van der Waals surface area contributed by atoms with Crippen LogP contribution in [-0.2, 0) is 39.6 Å². The summed E-state index contributed by atoms with van der Waals surface area (Å²) in [6.45, 7) is -2.84. The van der Waals surface area contributed by atoms with Gasteiger partial charge in [0, 0.05) is 17.9 Å². The maximum absolute atomic E-state index is 12.9. The lowest BCUT2D eigenvalue weighted by Crippen LogP contribution is -2.66. The van der Waals surface area contributed by atoms with Gasteiger partial charge in [-0.1, -0.05) is 35.4 Å². The smallest absolute Gasteiger partial charge is 0.224 e. The predicted octanol–water partition coefficient (Wildman–Crippen LogP) is -5.12. The van der Waals surface area contributed by atoms with Crippen LogP contribution in [0.4, 0.5) is 0 Å². The van der Waals surface area contributed by atoms with Crippen molar-refractivity contribution in [3.8, 4) is 0 Å². The van der Waals surface area contributed by atoms with Gasteiger partial charge in [0.15, 0.2) is 18.9 Å². The molecule has 1 amide bonds. The Labute approximate surface area is 291 Å². The van der Waals surface area contributed by atoms with E-state index in [1.807, 2.05) is 0 Å². The monoisotopic (exact) mass is 734 g/mol. The quantitative estimate of drug-likeness (QED) is 0.0327. The summed E-state index contributed by atoms with van der Waals surface area (Å²) < 4.78 is 33.7. The highest BCUT2D eigenvalue weighted by Gasteiger charge is 2.53. The molecule has 288 valence electrons. The molecule has 4 rings (SSSR count). The second kappa shape index (κ2) is 19.4. The third kappa shape index (κ3) is 10.3. The molecule has 0 aromatic heterocycles. The number of aliphatic hydroxyl groups excluding tert-OH is 10. The summed E-state index contributed by atoms with van der Waals surface area (Å²) in [5, 5.41) is 111. The molecule has 0 radical (unpaired) electrons. The highest BCUT2D eigenvalue weighted by molar-refractivity contribution is 5.79. The third-order valence-electron chi connectivity index (χ3n) is 8.74. The molecular formula is C30H46N4O17. The average Bonchev–Trinajstić information content (AvgIpc) is 3.12. The topological polar surface area (TPSA) is 336 Å². The summed E-state index contributed by atoms with van der Waals surface area (Å²) >= 11 is 0. The number of nitrogens with one attached hydrogen (secondary N) is 1. The molecule has 3 heterocycles. The van der Waals surface area contributed by atoms with Gasteiger partial charge in [0.2, 0.25) is 5.91 Å². The lowest BCUT2D eigenvalue weighted by Gasteiger charge is -2.48. The molecule has 21 heteroatoms. The molecule has 16 atom stereocenters. The second-order valence-electron chi connectivity index (χ2n) is 12.3. The van der Waals surface area contributed by atoms with E-state index in [9.17, 15) is 55.9 Å². The Morgan fingerprint density at radius 2 is 1.59 bits per heavy atom. The molecule has 3 aliphatic rings.